The van der Waals surface area contributed by atoms with Crippen molar-refractivity contribution >= 4 is 6.21 Å². The zero-order valence-corrected chi connectivity index (χ0v) is 13.3. The molecule has 4 atom stereocenters. The van der Waals surface area contributed by atoms with Gasteiger partial charge in [0.15, 0.2) is 0 Å². The Morgan fingerprint density at radius 1 is 1.08 bits per heavy atom. The van der Waals surface area contributed by atoms with Crippen LogP contribution < -0.4 is 10.1 Å². The van der Waals surface area contributed by atoms with E-state index < -0.39 is 0 Å². The van der Waals surface area contributed by atoms with Gasteiger partial charge >= 0.3 is 0 Å². The SMILES string of the molecule is N#CC1CNC2N=CC(c3ccccc3Oc3ccccc3)CC12. The van der Waals surface area contributed by atoms with Gasteiger partial charge in [0.1, 0.15) is 17.7 Å². The molecule has 120 valence electrons. The van der Waals surface area contributed by atoms with Crippen LogP contribution in [0.15, 0.2) is 59.6 Å². The Kier molecular flexibility index (Phi) is 4.02. The second-order valence-electron chi connectivity index (χ2n) is 6.35. The summed E-state index contributed by atoms with van der Waals surface area (Å²) in [7, 11) is 0. The minimum Gasteiger partial charge on any atom is -0.457 e. The molecule has 4 unspecified atom stereocenters. The fourth-order valence-corrected chi connectivity index (χ4v) is 3.62. The van der Waals surface area contributed by atoms with E-state index in [0.717, 1.165) is 30.0 Å². The van der Waals surface area contributed by atoms with Crippen molar-refractivity contribution in [3.05, 3.63) is 60.2 Å². The molecule has 1 N–H and O–H groups in total. The number of para-hydroxylation sites is 2. The lowest BCUT2D eigenvalue weighted by Crippen LogP contribution is -2.31. The Morgan fingerprint density at radius 3 is 2.71 bits per heavy atom. The lowest BCUT2D eigenvalue weighted by atomic mass is 9.81. The Bertz CT molecular complexity index is 781. The Balaban J connectivity index is 1.61. The maximum Gasteiger partial charge on any atom is 0.131 e. The average Bonchev–Trinajstić information content (AvgIpc) is 3.05. The van der Waals surface area contributed by atoms with Gasteiger partial charge in [0, 0.05) is 30.2 Å². The minimum absolute atomic E-state index is 0.0390. The van der Waals surface area contributed by atoms with Crippen LogP contribution in [0.25, 0.3) is 0 Å². The van der Waals surface area contributed by atoms with Gasteiger partial charge < -0.3 is 4.74 Å². The van der Waals surface area contributed by atoms with Crippen LogP contribution in [0.2, 0.25) is 0 Å². The van der Waals surface area contributed by atoms with Crippen molar-refractivity contribution in [3.63, 3.8) is 0 Å². The summed E-state index contributed by atoms with van der Waals surface area (Å²) < 4.78 is 6.08. The summed E-state index contributed by atoms with van der Waals surface area (Å²) >= 11 is 0. The normalized spacial score (nSPS) is 28.1. The predicted molar refractivity (Wildman–Crippen MR) is 93.2 cm³/mol. The lowest BCUT2D eigenvalue weighted by molar-refractivity contribution is 0.364. The summed E-state index contributed by atoms with van der Waals surface area (Å²) in [4.78, 5) is 4.65. The molecule has 0 saturated carbocycles. The van der Waals surface area contributed by atoms with E-state index in [2.05, 4.69) is 22.4 Å². The van der Waals surface area contributed by atoms with Crippen molar-refractivity contribution in [1.29, 1.82) is 5.26 Å². The van der Waals surface area contributed by atoms with Crippen molar-refractivity contribution in [1.82, 2.24) is 5.32 Å². The maximum atomic E-state index is 9.34. The van der Waals surface area contributed by atoms with E-state index in [1.165, 1.54) is 0 Å². The molecule has 2 aliphatic rings. The number of nitrogens with one attached hydrogen (secondary N) is 1. The molecule has 4 heteroatoms. The molecule has 0 aromatic heterocycles. The molecular weight excluding hydrogens is 298 g/mol. The molecule has 0 amide bonds. The van der Waals surface area contributed by atoms with E-state index in [4.69, 9.17) is 4.74 Å². The standard InChI is InChI=1S/C20H19N3O/c21-11-15-13-23-20-18(15)10-14(12-22-20)17-8-4-5-9-19(17)24-16-6-2-1-3-7-16/h1-9,12,14-15,18,20,23H,10,13H2. The number of ether oxygens (including phenoxy) is 1. The highest BCUT2D eigenvalue weighted by Gasteiger charge is 2.39. The van der Waals surface area contributed by atoms with Gasteiger partial charge in [-0.25, -0.2) is 0 Å². The number of hydrogen-bond acceptors (Lipinski definition) is 4. The van der Waals surface area contributed by atoms with Crippen LogP contribution in [0, 0.1) is 23.2 Å². The second kappa shape index (κ2) is 6.46. The summed E-state index contributed by atoms with van der Waals surface area (Å²) in [5.41, 5.74) is 1.13. The average molecular weight is 317 g/mol. The summed E-state index contributed by atoms with van der Waals surface area (Å²) in [6.07, 6.45) is 3.03. The summed E-state index contributed by atoms with van der Waals surface area (Å²) in [6.45, 7) is 0.734. The summed E-state index contributed by atoms with van der Waals surface area (Å²) in [5, 5.41) is 12.7. The van der Waals surface area contributed by atoms with Crippen molar-refractivity contribution < 1.29 is 4.74 Å². The largest absolute Gasteiger partial charge is 0.457 e. The molecule has 2 aromatic rings. The monoisotopic (exact) mass is 317 g/mol. The van der Waals surface area contributed by atoms with Gasteiger partial charge in [-0.3, -0.25) is 10.3 Å². The van der Waals surface area contributed by atoms with Crippen LogP contribution in [0.3, 0.4) is 0 Å². The highest BCUT2D eigenvalue weighted by atomic mass is 16.5. The quantitative estimate of drug-likeness (QED) is 0.938. The third-order valence-electron chi connectivity index (χ3n) is 4.88. The third kappa shape index (κ3) is 2.79. The Labute approximate surface area is 141 Å². The molecule has 1 saturated heterocycles. The molecule has 1 fully saturated rings. The molecule has 2 aliphatic heterocycles. The molecule has 0 aliphatic carbocycles. The van der Waals surface area contributed by atoms with E-state index in [1.807, 2.05) is 54.7 Å². The number of rotatable bonds is 3. The first-order valence-electron chi connectivity index (χ1n) is 8.33. The van der Waals surface area contributed by atoms with Gasteiger partial charge in [-0.2, -0.15) is 5.26 Å². The fraction of sp³-hybridized carbons (Fsp3) is 0.300. The van der Waals surface area contributed by atoms with Crippen LogP contribution in [-0.4, -0.2) is 18.9 Å². The molecule has 0 spiro atoms. The summed E-state index contributed by atoms with van der Waals surface area (Å²) in [5.74, 6) is 2.18. The number of fused-ring (bicyclic) bond motifs is 1. The number of nitrogens with zero attached hydrogens (tertiary/aromatic N) is 2. The number of nitriles is 1. The molecule has 24 heavy (non-hydrogen) atoms. The molecule has 0 bridgehead atoms. The first-order valence-corrected chi connectivity index (χ1v) is 8.33. The van der Waals surface area contributed by atoms with Gasteiger partial charge in [0.2, 0.25) is 0 Å². The van der Waals surface area contributed by atoms with E-state index in [0.29, 0.717) is 0 Å². The first kappa shape index (κ1) is 14.9. The first-order chi connectivity index (χ1) is 11.8. The Morgan fingerprint density at radius 2 is 1.88 bits per heavy atom. The van der Waals surface area contributed by atoms with Crippen LogP contribution in [0.4, 0.5) is 0 Å². The smallest absolute Gasteiger partial charge is 0.131 e. The van der Waals surface area contributed by atoms with E-state index in [1.54, 1.807) is 0 Å². The van der Waals surface area contributed by atoms with Gasteiger partial charge in [-0.15, -0.1) is 0 Å². The highest BCUT2D eigenvalue weighted by Crippen LogP contribution is 2.39. The third-order valence-corrected chi connectivity index (χ3v) is 4.88. The number of benzene rings is 2. The van der Waals surface area contributed by atoms with Gasteiger partial charge in [0.05, 0.1) is 12.0 Å². The van der Waals surface area contributed by atoms with E-state index >= 15 is 0 Å². The van der Waals surface area contributed by atoms with E-state index in [9.17, 15) is 5.26 Å². The van der Waals surface area contributed by atoms with Crippen LogP contribution >= 0.6 is 0 Å². The maximum absolute atomic E-state index is 9.34. The van der Waals surface area contributed by atoms with Gasteiger partial charge in [-0.1, -0.05) is 36.4 Å². The zero-order chi connectivity index (χ0) is 16.4. The molecule has 0 radical (unpaired) electrons. The Hall–Kier alpha value is -2.64. The lowest BCUT2D eigenvalue weighted by Gasteiger charge is -2.28. The van der Waals surface area contributed by atoms with Crippen LogP contribution in [0.1, 0.15) is 17.9 Å². The molecule has 4 rings (SSSR count). The van der Waals surface area contributed by atoms with Gasteiger partial charge in [0.25, 0.3) is 0 Å². The van der Waals surface area contributed by atoms with Crippen molar-refractivity contribution in [2.24, 2.45) is 16.8 Å². The molecule has 2 heterocycles. The fourth-order valence-electron chi connectivity index (χ4n) is 3.62. The zero-order valence-electron chi connectivity index (χ0n) is 13.3. The molecule has 2 aromatic carbocycles. The van der Waals surface area contributed by atoms with Crippen molar-refractivity contribution in [2.45, 2.75) is 18.5 Å². The van der Waals surface area contributed by atoms with Crippen molar-refractivity contribution in [2.75, 3.05) is 6.54 Å². The second-order valence-corrected chi connectivity index (χ2v) is 6.35. The predicted octanol–water partition coefficient (Wildman–Crippen LogP) is 3.72. The highest BCUT2D eigenvalue weighted by molar-refractivity contribution is 5.71. The molecule has 4 nitrogen and oxygen atoms in total. The topological polar surface area (TPSA) is 57.4 Å². The summed E-state index contributed by atoms with van der Waals surface area (Å²) in [6, 6.07) is 20.3. The van der Waals surface area contributed by atoms with Crippen molar-refractivity contribution in [3.8, 4) is 17.6 Å². The van der Waals surface area contributed by atoms with E-state index in [-0.39, 0.29) is 23.9 Å². The van der Waals surface area contributed by atoms with Crippen LogP contribution in [-0.2, 0) is 0 Å². The minimum atomic E-state index is 0.0390. The van der Waals surface area contributed by atoms with Crippen LogP contribution in [0.5, 0.6) is 11.5 Å². The molecular formula is C20H19N3O. The van der Waals surface area contributed by atoms with Gasteiger partial charge in [-0.05, 0) is 24.6 Å². The number of hydrogen-bond donors (Lipinski definition) is 1. The number of aliphatic imine (C=N–C) groups is 1.